The molecule has 4 aromatic rings. The Labute approximate surface area is 259 Å². The summed E-state index contributed by atoms with van der Waals surface area (Å²) in [5, 5.41) is 11.3. The highest BCUT2D eigenvalue weighted by molar-refractivity contribution is 8.07. The van der Waals surface area contributed by atoms with Gasteiger partial charge in [-0.25, -0.2) is 14.4 Å². The number of halogens is 1. The third kappa shape index (κ3) is 5.58. The lowest BCUT2D eigenvalue weighted by molar-refractivity contribution is -0.0606. The molecular formula is C21H23FN8O11P2S2. The standard InChI is InChI=1S/C21H23FN8O11P2S2/c22-11-8-5-36-42(34,44)40-14-9(39-18(13(14)32)29-3-1-10(31)28-4-2-24-21(28)29)6-37-43(35,45)41-15(11)19(38-8)30-7-25-12-16(30)26-20(23)27-17(12)33/h1-4,7-9,11,13-15,18-19,32H,5-6H2,(H,34,44)(H,35,45)(H3,23,26,27,33)/t8-,9-,11-,13-,14-,15-,18-,19-,42?,43?/m1/s1. The predicted molar refractivity (Wildman–Crippen MR) is 155 cm³/mol. The van der Waals surface area contributed by atoms with Gasteiger partial charge in [0, 0.05) is 24.7 Å². The van der Waals surface area contributed by atoms with Crippen LogP contribution in [-0.4, -0.2) is 98.3 Å². The number of aromatic amines is 1. The third-order valence-electron chi connectivity index (χ3n) is 7.35. The Morgan fingerprint density at radius 2 is 1.69 bits per heavy atom. The third-order valence-corrected chi connectivity index (χ3v) is 10.5. The number of nitrogens with one attached hydrogen (secondary N) is 1. The smallest absolute Gasteiger partial charge is 0.325 e. The highest BCUT2D eigenvalue weighted by Gasteiger charge is 2.53. The van der Waals surface area contributed by atoms with E-state index >= 15 is 4.39 Å². The Morgan fingerprint density at radius 1 is 1.00 bits per heavy atom. The minimum absolute atomic E-state index is 0.0798. The van der Waals surface area contributed by atoms with Crippen LogP contribution < -0.4 is 16.9 Å². The molecular weight excluding hydrogens is 685 g/mol. The van der Waals surface area contributed by atoms with E-state index in [-0.39, 0.29) is 28.4 Å². The lowest BCUT2D eigenvalue weighted by atomic mass is 10.1. The highest BCUT2D eigenvalue weighted by atomic mass is 32.5. The maximum absolute atomic E-state index is 15.9. The number of aliphatic hydroxyl groups is 1. The van der Waals surface area contributed by atoms with Crippen molar-refractivity contribution in [3.63, 3.8) is 0 Å². The Morgan fingerprint density at radius 3 is 2.44 bits per heavy atom. The Hall–Kier alpha value is -2.56. The SMILES string of the molecule is Nc1nc2c(ncn2[C@@H]2O[C@@H]3COP(O)(=S)O[C@H]4[C@@H](O)[C@H](n5ccc(=O)n6ccnc56)O[C@@H]4COP(O)(=S)O[C@@H]2[C@@H]3F)c(=O)[nH]1. The van der Waals surface area contributed by atoms with Gasteiger partial charge < -0.3 is 39.1 Å². The quantitative estimate of drug-likeness (QED) is 0.156. The van der Waals surface area contributed by atoms with Crippen molar-refractivity contribution in [2.24, 2.45) is 0 Å². The number of aromatic nitrogens is 7. The number of hydrogen-bond acceptors (Lipinski definition) is 15. The summed E-state index contributed by atoms with van der Waals surface area (Å²) in [7, 11) is 0. The van der Waals surface area contributed by atoms with Crippen LogP contribution in [0.1, 0.15) is 12.5 Å². The minimum atomic E-state index is -4.32. The molecule has 0 aliphatic carbocycles. The van der Waals surface area contributed by atoms with Crippen molar-refractivity contribution in [1.82, 2.24) is 33.5 Å². The van der Waals surface area contributed by atoms with Crippen LogP contribution in [0.4, 0.5) is 10.3 Å². The minimum Gasteiger partial charge on any atom is -0.386 e. The Kier molecular flexibility index (Phi) is 7.80. The van der Waals surface area contributed by atoms with Crippen LogP contribution >= 0.6 is 13.4 Å². The highest BCUT2D eigenvalue weighted by Crippen LogP contribution is 2.54. The molecule has 3 saturated heterocycles. The number of anilines is 1. The number of rotatable bonds is 2. The van der Waals surface area contributed by atoms with E-state index in [2.05, 4.69) is 19.9 Å². The van der Waals surface area contributed by atoms with Crippen molar-refractivity contribution in [2.75, 3.05) is 18.9 Å². The van der Waals surface area contributed by atoms with Crippen LogP contribution in [0.15, 0.2) is 40.6 Å². The number of nitrogens with two attached hydrogens (primary N) is 1. The molecule has 7 heterocycles. The van der Waals surface area contributed by atoms with E-state index in [4.69, 9.17) is 56.9 Å². The predicted octanol–water partition coefficient (Wildman–Crippen LogP) is -1.04. The number of nitrogens with zero attached hydrogens (tertiary/aromatic N) is 6. The monoisotopic (exact) mass is 708 g/mol. The Balaban J connectivity index is 1.21. The first-order valence-electron chi connectivity index (χ1n) is 13.0. The number of nitrogen functional groups attached to an aromatic ring is 1. The molecule has 242 valence electrons. The first-order chi connectivity index (χ1) is 21.3. The van der Waals surface area contributed by atoms with Gasteiger partial charge in [-0.15, -0.1) is 0 Å². The van der Waals surface area contributed by atoms with Gasteiger partial charge in [-0.05, 0) is 23.6 Å². The van der Waals surface area contributed by atoms with Crippen molar-refractivity contribution >= 4 is 59.9 Å². The van der Waals surface area contributed by atoms with Crippen LogP contribution in [0, 0.1) is 0 Å². The molecule has 0 saturated carbocycles. The van der Waals surface area contributed by atoms with Gasteiger partial charge in [0.25, 0.3) is 11.1 Å². The normalized spacial score (nSPS) is 37.7. The van der Waals surface area contributed by atoms with Crippen molar-refractivity contribution in [3.8, 4) is 0 Å². The zero-order valence-corrected chi connectivity index (χ0v) is 25.8. The molecule has 3 aliphatic heterocycles. The van der Waals surface area contributed by atoms with Crippen LogP contribution in [0.2, 0.25) is 0 Å². The van der Waals surface area contributed by atoms with Crippen LogP contribution in [-0.2, 0) is 51.2 Å². The zero-order chi connectivity index (χ0) is 31.8. The van der Waals surface area contributed by atoms with E-state index in [0.717, 1.165) is 6.33 Å². The van der Waals surface area contributed by atoms with Gasteiger partial charge in [-0.2, -0.15) is 4.98 Å². The number of alkyl halides is 1. The van der Waals surface area contributed by atoms with Gasteiger partial charge in [-0.3, -0.25) is 37.2 Å². The first kappa shape index (κ1) is 31.1. The summed E-state index contributed by atoms with van der Waals surface area (Å²) in [4.78, 5) is 61.0. The number of ether oxygens (including phenoxy) is 2. The van der Waals surface area contributed by atoms with E-state index in [9.17, 15) is 24.5 Å². The maximum atomic E-state index is 15.9. The molecule has 3 aliphatic rings. The van der Waals surface area contributed by atoms with Crippen molar-refractivity contribution < 1.29 is 46.9 Å². The van der Waals surface area contributed by atoms with E-state index < -0.39 is 81.4 Å². The second-order valence-electron chi connectivity index (χ2n) is 10.2. The van der Waals surface area contributed by atoms with Gasteiger partial charge in [0.05, 0.1) is 19.5 Å². The first-order valence-corrected chi connectivity index (χ1v) is 18.2. The molecule has 24 heteroatoms. The molecule has 0 aromatic carbocycles. The second kappa shape index (κ2) is 11.3. The van der Waals surface area contributed by atoms with Gasteiger partial charge in [0.1, 0.15) is 30.5 Å². The lowest BCUT2D eigenvalue weighted by Gasteiger charge is -2.28. The summed E-state index contributed by atoms with van der Waals surface area (Å²) in [5.41, 5.74) is 4.41. The molecule has 7 rings (SSSR count). The number of fused-ring (bicyclic) bond motifs is 5. The fourth-order valence-corrected chi connectivity index (χ4v) is 8.21. The van der Waals surface area contributed by atoms with E-state index in [0.29, 0.717) is 0 Å². The average molecular weight is 709 g/mol. The molecule has 10 atom stereocenters. The molecule has 2 unspecified atom stereocenters. The van der Waals surface area contributed by atoms with Crippen LogP contribution in [0.3, 0.4) is 0 Å². The number of hydrogen-bond donors (Lipinski definition) is 5. The molecule has 45 heavy (non-hydrogen) atoms. The summed E-state index contributed by atoms with van der Waals surface area (Å²) in [6.07, 6.45) is -6.82. The molecule has 0 spiro atoms. The molecule has 3 fully saturated rings. The fourth-order valence-electron chi connectivity index (χ4n) is 5.36. The topological polar surface area (TPSA) is 245 Å². The number of aliphatic hydroxyl groups excluding tert-OH is 1. The largest absolute Gasteiger partial charge is 0.386 e. The summed E-state index contributed by atoms with van der Waals surface area (Å²) in [6.45, 7) is -9.83. The summed E-state index contributed by atoms with van der Waals surface area (Å²) in [6, 6.07) is 1.22. The molecule has 0 radical (unpaired) electrons. The molecule has 6 N–H and O–H groups in total. The summed E-state index contributed by atoms with van der Waals surface area (Å²) in [5.74, 6) is -0.130. The van der Waals surface area contributed by atoms with Crippen LogP contribution in [0.25, 0.3) is 16.9 Å². The second-order valence-corrected chi connectivity index (χ2v) is 15.7. The van der Waals surface area contributed by atoms with Gasteiger partial charge >= 0.3 is 13.4 Å². The average Bonchev–Trinajstić information content (AvgIpc) is 3.74. The van der Waals surface area contributed by atoms with E-state index in [1.807, 2.05) is 0 Å². The van der Waals surface area contributed by atoms with Crippen LogP contribution in [0.5, 0.6) is 0 Å². The fraction of sp³-hybridized carbons (Fsp3) is 0.476. The van der Waals surface area contributed by atoms with E-state index in [1.165, 1.54) is 38.2 Å². The van der Waals surface area contributed by atoms with Crippen molar-refractivity contribution in [3.05, 3.63) is 51.7 Å². The maximum Gasteiger partial charge on any atom is 0.325 e. The molecule has 0 amide bonds. The molecule has 19 nitrogen and oxygen atoms in total. The zero-order valence-electron chi connectivity index (χ0n) is 22.4. The van der Waals surface area contributed by atoms with Gasteiger partial charge in [0.2, 0.25) is 11.7 Å². The van der Waals surface area contributed by atoms with Gasteiger partial charge in [-0.1, -0.05) is 0 Å². The molecule has 2 bridgehead atoms. The molecule has 4 aromatic heterocycles. The van der Waals surface area contributed by atoms with E-state index in [1.54, 1.807) is 0 Å². The van der Waals surface area contributed by atoms with Crippen molar-refractivity contribution in [1.29, 1.82) is 0 Å². The lowest BCUT2D eigenvalue weighted by Crippen LogP contribution is -2.36. The van der Waals surface area contributed by atoms with Gasteiger partial charge in [0.15, 0.2) is 29.8 Å². The van der Waals surface area contributed by atoms with Crippen molar-refractivity contribution in [2.45, 2.75) is 49.1 Å². The number of imidazole rings is 2. The number of H-pyrrole nitrogens is 1. The summed E-state index contributed by atoms with van der Waals surface area (Å²) < 4.78 is 53.6. The summed E-state index contributed by atoms with van der Waals surface area (Å²) >= 11 is 10.4. The Bertz CT molecular complexity index is 2010.